The van der Waals surface area contributed by atoms with Gasteiger partial charge in [-0.25, -0.2) is 14.8 Å². The van der Waals surface area contributed by atoms with Crippen molar-refractivity contribution in [2.24, 2.45) is 5.73 Å². The average molecular weight is 855 g/mol. The number of hydrogen-bond acceptors (Lipinski definition) is 12. The van der Waals surface area contributed by atoms with Crippen LogP contribution in [0.15, 0.2) is 48.9 Å². The first kappa shape index (κ1) is 45.3. The molecule has 0 saturated carbocycles. The molecule has 0 bridgehead atoms. The first-order valence-corrected chi connectivity index (χ1v) is 21.5. The lowest BCUT2D eigenvalue weighted by Gasteiger charge is -2.21. The number of carboxylic acids is 1. The van der Waals surface area contributed by atoms with Gasteiger partial charge in [0.1, 0.15) is 12.1 Å². The minimum Gasteiger partial charge on any atom is -0.480 e. The summed E-state index contributed by atoms with van der Waals surface area (Å²) in [6.45, 7) is 5.23. The van der Waals surface area contributed by atoms with Crippen molar-refractivity contribution in [3.05, 3.63) is 54.6 Å². The summed E-state index contributed by atoms with van der Waals surface area (Å²) in [5.41, 5.74) is 9.15. The zero-order valence-electron chi connectivity index (χ0n) is 35.0. The fourth-order valence-electron chi connectivity index (χ4n) is 7.81. The number of carboxylic acid groups (broad SMARTS) is 1. The molecule has 10 N–H and O–H groups in total. The van der Waals surface area contributed by atoms with E-state index in [0.717, 1.165) is 68.3 Å². The van der Waals surface area contributed by atoms with Crippen LogP contribution in [0.4, 0.5) is 17.1 Å². The highest BCUT2D eigenvalue weighted by atomic mass is 16.4. The predicted molar refractivity (Wildman–Crippen MR) is 235 cm³/mol. The van der Waals surface area contributed by atoms with Crippen molar-refractivity contribution < 1.29 is 33.9 Å². The Labute approximate surface area is 359 Å². The van der Waals surface area contributed by atoms with Gasteiger partial charge in [0.05, 0.1) is 36.1 Å². The van der Waals surface area contributed by atoms with Crippen LogP contribution in [0.1, 0.15) is 63.5 Å². The summed E-state index contributed by atoms with van der Waals surface area (Å²) in [7, 11) is 0. The zero-order chi connectivity index (χ0) is 43.8. The molecule has 19 nitrogen and oxygen atoms in total. The highest BCUT2D eigenvalue weighted by Gasteiger charge is 2.27. The number of H-pyrrole nitrogens is 1. The molecule has 0 spiro atoms. The second-order valence-corrected chi connectivity index (χ2v) is 15.8. The van der Waals surface area contributed by atoms with Gasteiger partial charge in [0.2, 0.25) is 29.5 Å². The number of pyridine rings is 1. The number of aliphatic carboxylic acids is 1. The number of benzene rings is 2. The van der Waals surface area contributed by atoms with Crippen LogP contribution in [-0.4, -0.2) is 136 Å². The molecule has 4 aromatic rings. The number of aromatic nitrogens is 3. The number of aromatic amines is 1. The van der Waals surface area contributed by atoms with Crippen LogP contribution in [0.25, 0.3) is 21.8 Å². The molecule has 62 heavy (non-hydrogen) atoms. The van der Waals surface area contributed by atoms with E-state index >= 15 is 0 Å². The number of nitrogens with zero attached hydrogens (tertiary/aromatic N) is 4. The number of likely N-dealkylation sites (tertiary alicyclic amines) is 2. The molecule has 0 unspecified atom stereocenters. The fraction of sp³-hybridized carbons (Fsp3) is 0.488. The minimum absolute atomic E-state index is 0.00567. The predicted octanol–water partition coefficient (Wildman–Crippen LogP) is 1.91. The maximum absolute atomic E-state index is 13.4. The quantitative estimate of drug-likeness (QED) is 0.0382. The third-order valence-corrected chi connectivity index (χ3v) is 11.1. The van der Waals surface area contributed by atoms with E-state index in [1.54, 1.807) is 0 Å². The molecule has 2 saturated heterocycles. The molecule has 2 aromatic carbocycles. The van der Waals surface area contributed by atoms with Crippen molar-refractivity contribution in [1.82, 2.24) is 40.7 Å². The highest BCUT2D eigenvalue weighted by molar-refractivity contribution is 6.09. The summed E-state index contributed by atoms with van der Waals surface area (Å²) in [4.78, 5) is 92.0. The molecule has 19 heteroatoms. The number of fused-ring (bicyclic) bond motifs is 2. The maximum Gasteiger partial charge on any atom is 0.326 e. The second kappa shape index (κ2) is 22.6. The number of carbonyl (C=O) groups is 6. The summed E-state index contributed by atoms with van der Waals surface area (Å²) in [5.74, 6) is -3.27. The Morgan fingerprint density at radius 1 is 0.758 bits per heavy atom. The van der Waals surface area contributed by atoms with Gasteiger partial charge in [-0.3, -0.25) is 24.0 Å². The molecule has 6 rings (SSSR count). The van der Waals surface area contributed by atoms with E-state index in [2.05, 4.69) is 51.7 Å². The van der Waals surface area contributed by atoms with E-state index in [1.165, 1.54) is 12.5 Å². The van der Waals surface area contributed by atoms with Gasteiger partial charge in [-0.1, -0.05) is 0 Å². The lowest BCUT2D eigenvalue weighted by Crippen LogP contribution is -2.54. The van der Waals surface area contributed by atoms with E-state index < -0.39 is 42.3 Å². The van der Waals surface area contributed by atoms with Gasteiger partial charge in [-0.2, -0.15) is 0 Å². The van der Waals surface area contributed by atoms with E-state index in [0.29, 0.717) is 73.4 Å². The number of hydrogen-bond donors (Lipinski definition) is 9. The van der Waals surface area contributed by atoms with Gasteiger partial charge in [0.25, 0.3) is 0 Å². The summed E-state index contributed by atoms with van der Waals surface area (Å²) >= 11 is 0. The topological polar surface area (TPSA) is 269 Å². The van der Waals surface area contributed by atoms with Crippen LogP contribution in [0.3, 0.4) is 0 Å². The number of nitrogens with one attached hydrogen (secondary N) is 7. The normalized spacial score (nSPS) is 15.2. The Morgan fingerprint density at radius 3 is 1.89 bits per heavy atom. The monoisotopic (exact) mass is 854 g/mol. The lowest BCUT2D eigenvalue weighted by atomic mass is 10.1. The van der Waals surface area contributed by atoms with Gasteiger partial charge in [-0.05, 0) is 108 Å². The number of carbonyl (C=O) groups excluding carboxylic acids is 5. The van der Waals surface area contributed by atoms with Crippen molar-refractivity contribution in [1.29, 1.82) is 0 Å². The largest absolute Gasteiger partial charge is 0.480 e. The first-order chi connectivity index (χ1) is 30.0. The summed E-state index contributed by atoms with van der Waals surface area (Å²) in [6.07, 6.45) is 9.40. The highest BCUT2D eigenvalue weighted by Crippen LogP contribution is 2.34. The Bertz CT molecular complexity index is 2100. The van der Waals surface area contributed by atoms with E-state index in [9.17, 15) is 33.9 Å². The number of amides is 5. The number of unbranched alkanes of at least 4 members (excludes halogenated alkanes) is 1. The average Bonchev–Trinajstić information content (AvgIpc) is 4.08. The zero-order valence-corrected chi connectivity index (χ0v) is 35.0. The van der Waals surface area contributed by atoms with Gasteiger partial charge in [-0.15, -0.1) is 0 Å². The molecule has 2 aliphatic rings. The smallest absolute Gasteiger partial charge is 0.326 e. The van der Waals surface area contributed by atoms with Crippen molar-refractivity contribution in [3.8, 4) is 0 Å². The van der Waals surface area contributed by atoms with Crippen molar-refractivity contribution in [3.63, 3.8) is 0 Å². The maximum atomic E-state index is 13.4. The number of anilines is 3. The first-order valence-electron chi connectivity index (χ1n) is 21.5. The Hall–Kier alpha value is -6.18. The number of rotatable bonds is 23. The van der Waals surface area contributed by atoms with Crippen LogP contribution in [0.2, 0.25) is 0 Å². The van der Waals surface area contributed by atoms with Crippen LogP contribution < -0.4 is 37.6 Å². The molecule has 332 valence electrons. The lowest BCUT2D eigenvalue weighted by molar-refractivity contribution is -0.142. The number of imidazole rings is 1. The number of nitrogens with two attached hydrogens (primary N) is 1. The Balaban J connectivity index is 1.11. The van der Waals surface area contributed by atoms with Crippen LogP contribution in [-0.2, 0) is 35.2 Å². The molecule has 4 heterocycles. The summed E-state index contributed by atoms with van der Waals surface area (Å²) in [5, 5.41) is 28.7. The van der Waals surface area contributed by atoms with Gasteiger partial charge in [0.15, 0.2) is 0 Å². The second-order valence-electron chi connectivity index (χ2n) is 15.8. The fourth-order valence-corrected chi connectivity index (χ4v) is 7.81. The van der Waals surface area contributed by atoms with E-state index in [4.69, 9.17) is 10.7 Å². The SMILES string of the molecule is NCC(=O)NCC(=O)N[C@@H](Cc1cnc[nH]1)C(=O)N[C@@H](CCCCNc1c2ccc(NC(=O)CCN3CCCC3)cc2nc2cc(NC(=O)CCN3CCCC3)ccc12)C(=O)O. The van der Waals surface area contributed by atoms with Crippen LogP contribution in [0.5, 0.6) is 0 Å². The van der Waals surface area contributed by atoms with Gasteiger partial charge < -0.3 is 57.5 Å². The molecular formula is C43H58N12O7. The molecule has 0 radical (unpaired) electrons. The Morgan fingerprint density at radius 2 is 1.35 bits per heavy atom. The van der Waals surface area contributed by atoms with Gasteiger partial charge >= 0.3 is 5.97 Å². The van der Waals surface area contributed by atoms with Crippen molar-refractivity contribution >= 4 is 74.4 Å². The van der Waals surface area contributed by atoms with Crippen molar-refractivity contribution in [2.45, 2.75) is 76.3 Å². The molecule has 2 aromatic heterocycles. The molecule has 5 amide bonds. The van der Waals surface area contributed by atoms with Gasteiger partial charge in [0, 0.05) is 72.9 Å². The molecule has 0 aliphatic carbocycles. The Kier molecular flexibility index (Phi) is 16.5. The van der Waals surface area contributed by atoms with Crippen LogP contribution in [0, 0.1) is 0 Å². The molecule has 2 aliphatic heterocycles. The summed E-state index contributed by atoms with van der Waals surface area (Å²) < 4.78 is 0. The van der Waals surface area contributed by atoms with E-state index in [-0.39, 0.29) is 31.2 Å². The third kappa shape index (κ3) is 13.4. The molecule has 2 fully saturated rings. The summed E-state index contributed by atoms with van der Waals surface area (Å²) in [6, 6.07) is 8.81. The standard InChI is InChI=1S/C43H58N12O7/c44-24-39(58)47-26-40(59)52-36(23-30-25-45-27-48-30)42(60)53-33(43(61)62)7-1-2-14-46-41-31-10-8-28(49-37(56)12-19-54-15-3-4-16-54)21-34(31)51-35-22-29(9-11-32(35)41)50-38(57)13-20-55-17-5-6-18-55/h8-11,21-22,25,27,33,36H,1-7,12-20,23-24,26,44H2,(H,45,48)(H,46,51)(H,47,58)(H,49,56)(H,50,57)(H,52,59)(H,53,60)(H,61,62)/t33-,36-/m0/s1. The minimum atomic E-state index is -1.24. The van der Waals surface area contributed by atoms with Crippen molar-refractivity contribution in [2.75, 3.05) is 74.9 Å². The van der Waals surface area contributed by atoms with Crippen LogP contribution >= 0.6 is 0 Å². The van der Waals surface area contributed by atoms with E-state index in [1.807, 2.05) is 36.4 Å². The third-order valence-electron chi connectivity index (χ3n) is 11.1. The molecule has 2 atom stereocenters. The molecular weight excluding hydrogens is 797 g/mol.